The molecule has 0 spiro atoms. The second kappa shape index (κ2) is 5.85. The number of hydrogen-bond acceptors (Lipinski definition) is 5. The number of hydrogen-bond donors (Lipinski definition) is 0. The molecule has 0 saturated heterocycles. The van der Waals surface area contributed by atoms with Gasteiger partial charge < -0.3 is 9.64 Å². The van der Waals surface area contributed by atoms with Crippen LogP contribution in [0.15, 0.2) is 23.5 Å². The van der Waals surface area contributed by atoms with Gasteiger partial charge in [0.2, 0.25) is 5.88 Å². The molecule has 0 aliphatic heterocycles. The molecule has 0 aromatic carbocycles. The first kappa shape index (κ1) is 12.2. The van der Waals surface area contributed by atoms with Crippen molar-refractivity contribution >= 4 is 11.8 Å². The Bertz CT molecular complexity index is 389. The Hall–Kier alpha value is -1.91. The highest BCUT2D eigenvalue weighted by atomic mass is 16.5. The molecule has 0 atom stereocenters. The van der Waals surface area contributed by atoms with Crippen LogP contribution in [0, 0.1) is 4.91 Å². The van der Waals surface area contributed by atoms with Gasteiger partial charge in [-0.25, -0.2) is 4.98 Å². The van der Waals surface area contributed by atoms with E-state index < -0.39 is 0 Å². The Morgan fingerprint density at radius 2 is 2.25 bits per heavy atom. The number of ether oxygens (including phenoxy) is 1. The summed E-state index contributed by atoms with van der Waals surface area (Å²) in [5.41, 5.74) is 0.816. The minimum atomic E-state index is 0.307. The predicted octanol–water partition coefficient (Wildman–Crippen LogP) is 2.41. The van der Waals surface area contributed by atoms with Crippen LogP contribution >= 0.6 is 0 Å². The zero-order chi connectivity index (χ0) is 12.0. The van der Waals surface area contributed by atoms with Crippen molar-refractivity contribution < 1.29 is 4.74 Å². The average Bonchev–Trinajstić information content (AvgIpc) is 2.27. The Balaban J connectivity index is 3.01. The molecule has 0 N–H and O–H groups in total. The molecule has 5 nitrogen and oxygen atoms in total. The van der Waals surface area contributed by atoms with E-state index in [1.165, 1.54) is 0 Å². The van der Waals surface area contributed by atoms with E-state index in [-0.39, 0.29) is 0 Å². The summed E-state index contributed by atoms with van der Waals surface area (Å²) in [5.74, 6) is 0.494. The van der Waals surface area contributed by atoms with E-state index >= 15 is 0 Å². The molecule has 0 amide bonds. The largest absolute Gasteiger partial charge is 0.478 e. The fourth-order valence-electron chi connectivity index (χ4n) is 1.10. The Kier molecular flexibility index (Phi) is 4.44. The van der Waals surface area contributed by atoms with Crippen molar-refractivity contribution in [3.8, 4) is 5.88 Å². The molecular weight excluding hydrogens is 206 g/mol. The molecule has 5 heteroatoms. The number of pyridine rings is 1. The van der Waals surface area contributed by atoms with Crippen LogP contribution in [0.5, 0.6) is 5.88 Å². The monoisotopic (exact) mass is 221 g/mol. The van der Waals surface area contributed by atoms with Crippen LogP contribution in [0.2, 0.25) is 0 Å². The average molecular weight is 221 g/mol. The number of nitrogens with zero attached hydrogens (tertiary/aromatic N) is 3. The van der Waals surface area contributed by atoms with E-state index in [9.17, 15) is 4.91 Å². The molecule has 86 valence electrons. The van der Waals surface area contributed by atoms with Crippen molar-refractivity contribution in [3.05, 3.63) is 28.9 Å². The molecule has 0 fully saturated rings. The maximum atomic E-state index is 10.6. The third-order valence-corrected chi connectivity index (χ3v) is 1.80. The van der Waals surface area contributed by atoms with Gasteiger partial charge in [0.25, 0.3) is 0 Å². The van der Waals surface area contributed by atoms with Gasteiger partial charge in [0.05, 0.1) is 12.3 Å². The SMILES string of the molecule is CCOc1ccc(N=O)c(/C=C/N(C)C)n1. The summed E-state index contributed by atoms with van der Waals surface area (Å²) in [5, 5.41) is 2.91. The minimum Gasteiger partial charge on any atom is -0.478 e. The summed E-state index contributed by atoms with van der Waals surface area (Å²) in [6.45, 7) is 2.42. The van der Waals surface area contributed by atoms with E-state index in [4.69, 9.17) is 4.74 Å². The van der Waals surface area contributed by atoms with E-state index in [1.807, 2.05) is 25.9 Å². The molecule has 0 aliphatic carbocycles. The van der Waals surface area contributed by atoms with Crippen LogP contribution in [0.4, 0.5) is 5.69 Å². The summed E-state index contributed by atoms with van der Waals surface area (Å²) in [4.78, 5) is 16.6. The topological polar surface area (TPSA) is 54.8 Å². The van der Waals surface area contributed by atoms with Gasteiger partial charge in [-0.15, -0.1) is 4.91 Å². The molecule has 1 aromatic rings. The fourth-order valence-corrected chi connectivity index (χ4v) is 1.10. The zero-order valence-electron chi connectivity index (χ0n) is 9.67. The van der Waals surface area contributed by atoms with Crippen molar-refractivity contribution in [2.75, 3.05) is 20.7 Å². The first-order valence-corrected chi connectivity index (χ1v) is 4.99. The van der Waals surface area contributed by atoms with Gasteiger partial charge in [-0.3, -0.25) is 0 Å². The lowest BCUT2D eigenvalue weighted by atomic mass is 10.3. The van der Waals surface area contributed by atoms with Gasteiger partial charge in [0.1, 0.15) is 5.69 Å². The molecule has 1 heterocycles. The molecule has 0 aliphatic rings. The van der Waals surface area contributed by atoms with Gasteiger partial charge >= 0.3 is 0 Å². The van der Waals surface area contributed by atoms with Crippen LogP contribution in [0.1, 0.15) is 12.6 Å². The molecule has 0 radical (unpaired) electrons. The van der Waals surface area contributed by atoms with Crippen molar-refractivity contribution in [2.45, 2.75) is 6.92 Å². The highest BCUT2D eigenvalue weighted by Gasteiger charge is 2.04. The Labute approximate surface area is 94.7 Å². The third kappa shape index (κ3) is 3.34. The molecule has 0 saturated carbocycles. The highest BCUT2D eigenvalue weighted by molar-refractivity contribution is 5.60. The molecular formula is C11H15N3O2. The fraction of sp³-hybridized carbons (Fsp3) is 0.364. The summed E-state index contributed by atoms with van der Waals surface area (Å²) in [6.07, 6.45) is 3.52. The van der Waals surface area contributed by atoms with Crippen molar-refractivity contribution in [1.82, 2.24) is 9.88 Å². The molecule has 1 aromatic heterocycles. The maximum Gasteiger partial charge on any atom is 0.213 e. The lowest BCUT2D eigenvalue weighted by molar-refractivity contribution is 0.326. The van der Waals surface area contributed by atoms with Crippen molar-refractivity contribution in [3.63, 3.8) is 0 Å². The summed E-state index contributed by atoms with van der Waals surface area (Å²) < 4.78 is 5.25. The molecule has 0 unspecified atom stereocenters. The first-order chi connectivity index (χ1) is 7.67. The summed E-state index contributed by atoms with van der Waals surface area (Å²) >= 11 is 0. The number of nitroso groups, excluding NO2 is 1. The first-order valence-electron chi connectivity index (χ1n) is 4.99. The lowest BCUT2D eigenvalue weighted by Gasteiger charge is -2.06. The molecule has 16 heavy (non-hydrogen) atoms. The zero-order valence-corrected chi connectivity index (χ0v) is 9.67. The van der Waals surface area contributed by atoms with Crippen LogP contribution in [-0.4, -0.2) is 30.6 Å². The van der Waals surface area contributed by atoms with Crippen LogP contribution < -0.4 is 4.74 Å². The van der Waals surface area contributed by atoms with E-state index in [0.717, 1.165) is 0 Å². The van der Waals surface area contributed by atoms with E-state index in [0.29, 0.717) is 23.9 Å². The van der Waals surface area contributed by atoms with Crippen LogP contribution in [0.3, 0.4) is 0 Å². The quantitative estimate of drug-likeness (QED) is 0.716. The summed E-state index contributed by atoms with van der Waals surface area (Å²) in [7, 11) is 3.77. The van der Waals surface area contributed by atoms with E-state index in [1.54, 1.807) is 24.4 Å². The lowest BCUT2D eigenvalue weighted by Crippen LogP contribution is -2.00. The van der Waals surface area contributed by atoms with Gasteiger partial charge in [-0.05, 0) is 24.2 Å². The number of rotatable bonds is 5. The van der Waals surface area contributed by atoms with Crippen molar-refractivity contribution in [1.29, 1.82) is 0 Å². The second-order valence-corrected chi connectivity index (χ2v) is 3.36. The molecule has 1 rings (SSSR count). The second-order valence-electron chi connectivity index (χ2n) is 3.36. The smallest absolute Gasteiger partial charge is 0.213 e. The normalized spacial score (nSPS) is 10.4. The predicted molar refractivity (Wildman–Crippen MR) is 63.6 cm³/mol. The van der Waals surface area contributed by atoms with Crippen LogP contribution in [0.25, 0.3) is 6.08 Å². The van der Waals surface area contributed by atoms with E-state index in [2.05, 4.69) is 10.2 Å². The van der Waals surface area contributed by atoms with Gasteiger partial charge in [0.15, 0.2) is 0 Å². The summed E-state index contributed by atoms with van der Waals surface area (Å²) in [6, 6.07) is 3.23. The maximum absolute atomic E-state index is 10.6. The third-order valence-electron chi connectivity index (χ3n) is 1.80. The highest BCUT2D eigenvalue weighted by Crippen LogP contribution is 2.21. The van der Waals surface area contributed by atoms with Gasteiger partial charge in [0, 0.05) is 26.4 Å². The standard InChI is InChI=1S/C11H15N3O2/c1-4-16-11-6-5-10(13-15)9(12-11)7-8-14(2)3/h5-8H,4H2,1-3H3/b8-7+. The van der Waals surface area contributed by atoms with Gasteiger partial charge in [-0.2, -0.15) is 0 Å². The number of aromatic nitrogens is 1. The van der Waals surface area contributed by atoms with Crippen LogP contribution in [-0.2, 0) is 0 Å². The molecule has 0 bridgehead atoms. The minimum absolute atomic E-state index is 0.307. The van der Waals surface area contributed by atoms with Gasteiger partial charge in [-0.1, -0.05) is 0 Å². The Morgan fingerprint density at radius 1 is 1.50 bits per heavy atom. The van der Waals surface area contributed by atoms with Crippen molar-refractivity contribution in [2.24, 2.45) is 5.18 Å². The Morgan fingerprint density at radius 3 is 2.81 bits per heavy atom.